The van der Waals surface area contributed by atoms with Crippen molar-refractivity contribution < 1.29 is 4.74 Å². The quantitative estimate of drug-likeness (QED) is 0.633. The molecule has 5 nitrogen and oxygen atoms in total. The van der Waals surface area contributed by atoms with Gasteiger partial charge in [-0.2, -0.15) is 0 Å². The molecule has 0 amide bonds. The van der Waals surface area contributed by atoms with Crippen LogP contribution in [0.2, 0.25) is 0 Å². The number of pyridine rings is 1. The predicted octanol–water partition coefficient (Wildman–Crippen LogP) is 2.42. The number of hydrogen-bond acceptors (Lipinski definition) is 3. The van der Waals surface area contributed by atoms with Gasteiger partial charge in [-0.15, -0.1) is 0 Å². The highest BCUT2D eigenvalue weighted by molar-refractivity contribution is 7.80. The van der Waals surface area contributed by atoms with Crippen LogP contribution in [0.15, 0.2) is 42.7 Å². The SMILES string of the molecule is COCCCN1C(=S)N[C@@H](c2ccccn2)[C@@H]1c1ccc[nH]1. The maximum absolute atomic E-state index is 5.55. The molecule has 3 rings (SSSR count). The zero-order valence-electron chi connectivity index (χ0n) is 12.5. The van der Waals surface area contributed by atoms with Crippen LogP contribution in [0.3, 0.4) is 0 Å². The van der Waals surface area contributed by atoms with E-state index < -0.39 is 0 Å². The van der Waals surface area contributed by atoms with E-state index in [0.29, 0.717) is 0 Å². The standard InChI is InChI=1S/C16H20N4OS/c1-21-11-5-10-20-15(13-7-4-9-18-13)14(19-16(20)22)12-6-2-3-8-17-12/h2-4,6-9,14-15,18H,5,10-11H2,1H3,(H,19,22)/t14-,15-/m0/s1. The molecular weight excluding hydrogens is 296 g/mol. The van der Waals surface area contributed by atoms with Crippen LogP contribution in [0.1, 0.15) is 29.9 Å². The molecule has 0 saturated carbocycles. The number of nitrogens with zero attached hydrogens (tertiary/aromatic N) is 2. The lowest BCUT2D eigenvalue weighted by molar-refractivity contribution is 0.180. The van der Waals surface area contributed by atoms with Gasteiger partial charge in [-0.05, 0) is 42.9 Å². The number of hydrogen-bond donors (Lipinski definition) is 2. The molecule has 0 aromatic carbocycles. The molecule has 116 valence electrons. The van der Waals surface area contributed by atoms with Crippen molar-refractivity contribution in [2.75, 3.05) is 20.3 Å². The average Bonchev–Trinajstić information content (AvgIpc) is 3.17. The fraction of sp³-hybridized carbons (Fsp3) is 0.375. The molecule has 2 aromatic heterocycles. The van der Waals surface area contributed by atoms with E-state index >= 15 is 0 Å². The zero-order chi connectivity index (χ0) is 15.4. The maximum Gasteiger partial charge on any atom is 0.170 e. The van der Waals surface area contributed by atoms with Crippen molar-refractivity contribution >= 4 is 17.3 Å². The van der Waals surface area contributed by atoms with Crippen molar-refractivity contribution in [1.29, 1.82) is 0 Å². The minimum Gasteiger partial charge on any atom is -0.385 e. The van der Waals surface area contributed by atoms with Gasteiger partial charge in [0.05, 0.1) is 17.8 Å². The molecule has 0 bridgehead atoms. The van der Waals surface area contributed by atoms with Gasteiger partial charge in [0, 0.05) is 38.3 Å². The summed E-state index contributed by atoms with van der Waals surface area (Å²) in [6, 6.07) is 10.3. The van der Waals surface area contributed by atoms with Crippen molar-refractivity contribution in [2.24, 2.45) is 0 Å². The molecule has 1 saturated heterocycles. The molecule has 0 aliphatic carbocycles. The largest absolute Gasteiger partial charge is 0.385 e. The summed E-state index contributed by atoms with van der Waals surface area (Å²) in [7, 11) is 1.72. The molecule has 2 aromatic rings. The highest BCUT2D eigenvalue weighted by Gasteiger charge is 2.39. The van der Waals surface area contributed by atoms with Crippen LogP contribution < -0.4 is 5.32 Å². The van der Waals surface area contributed by atoms with Gasteiger partial charge in [0.15, 0.2) is 5.11 Å². The Labute approximate surface area is 135 Å². The Morgan fingerprint density at radius 2 is 2.23 bits per heavy atom. The van der Waals surface area contributed by atoms with Crippen LogP contribution in [0.25, 0.3) is 0 Å². The molecule has 1 fully saturated rings. The molecule has 3 heterocycles. The highest BCUT2D eigenvalue weighted by Crippen LogP contribution is 2.37. The second kappa shape index (κ2) is 6.89. The van der Waals surface area contributed by atoms with Gasteiger partial charge in [-0.1, -0.05) is 6.07 Å². The summed E-state index contributed by atoms with van der Waals surface area (Å²) in [5.41, 5.74) is 2.14. The van der Waals surface area contributed by atoms with E-state index in [1.165, 1.54) is 0 Å². The summed E-state index contributed by atoms with van der Waals surface area (Å²) in [5, 5.41) is 4.19. The third kappa shape index (κ3) is 2.98. The van der Waals surface area contributed by atoms with Gasteiger partial charge in [0.1, 0.15) is 0 Å². The molecule has 0 unspecified atom stereocenters. The molecule has 1 aliphatic heterocycles. The minimum atomic E-state index is 0.0508. The van der Waals surface area contributed by atoms with Crippen molar-refractivity contribution in [3.05, 3.63) is 54.1 Å². The molecule has 2 N–H and O–H groups in total. The lowest BCUT2D eigenvalue weighted by Crippen LogP contribution is -2.31. The smallest absolute Gasteiger partial charge is 0.170 e. The lowest BCUT2D eigenvalue weighted by atomic mass is 10.0. The molecule has 22 heavy (non-hydrogen) atoms. The normalized spacial score (nSPS) is 21.1. The van der Waals surface area contributed by atoms with Crippen LogP contribution in [-0.2, 0) is 4.74 Å². The van der Waals surface area contributed by atoms with E-state index in [4.69, 9.17) is 17.0 Å². The zero-order valence-corrected chi connectivity index (χ0v) is 13.3. The number of methoxy groups -OCH3 is 1. The van der Waals surface area contributed by atoms with Crippen molar-refractivity contribution in [1.82, 2.24) is 20.2 Å². The number of thiocarbonyl (C=S) groups is 1. The van der Waals surface area contributed by atoms with E-state index in [1.807, 2.05) is 36.7 Å². The number of aromatic nitrogens is 2. The number of ether oxygens (including phenoxy) is 1. The number of H-pyrrole nitrogens is 1. The average molecular weight is 316 g/mol. The van der Waals surface area contributed by atoms with Gasteiger partial charge in [-0.25, -0.2) is 0 Å². The topological polar surface area (TPSA) is 53.2 Å². The van der Waals surface area contributed by atoms with Crippen molar-refractivity contribution in [2.45, 2.75) is 18.5 Å². The first-order chi connectivity index (χ1) is 10.8. The number of nitrogens with one attached hydrogen (secondary N) is 2. The number of aromatic amines is 1. The summed E-state index contributed by atoms with van der Waals surface area (Å²) in [6.07, 6.45) is 4.70. The third-order valence-electron chi connectivity index (χ3n) is 3.89. The van der Waals surface area contributed by atoms with Crippen LogP contribution in [0.4, 0.5) is 0 Å². The Morgan fingerprint density at radius 3 is 2.91 bits per heavy atom. The van der Waals surface area contributed by atoms with Crippen LogP contribution in [-0.4, -0.2) is 40.2 Å². The summed E-state index contributed by atoms with van der Waals surface area (Å²) in [4.78, 5) is 10.0. The first kappa shape index (κ1) is 15.0. The van der Waals surface area contributed by atoms with Gasteiger partial charge >= 0.3 is 0 Å². The van der Waals surface area contributed by atoms with E-state index in [9.17, 15) is 0 Å². The first-order valence-corrected chi connectivity index (χ1v) is 7.82. The summed E-state index contributed by atoms with van der Waals surface area (Å²) in [5.74, 6) is 0. The van der Waals surface area contributed by atoms with E-state index in [0.717, 1.165) is 36.1 Å². The van der Waals surface area contributed by atoms with Crippen LogP contribution >= 0.6 is 12.2 Å². The van der Waals surface area contributed by atoms with Gasteiger partial charge in [0.2, 0.25) is 0 Å². The second-order valence-electron chi connectivity index (χ2n) is 5.29. The van der Waals surface area contributed by atoms with E-state index in [1.54, 1.807) is 7.11 Å². The Bertz CT molecular complexity index is 602. The summed E-state index contributed by atoms with van der Waals surface area (Å²) in [6.45, 7) is 1.58. The van der Waals surface area contributed by atoms with Crippen LogP contribution in [0.5, 0.6) is 0 Å². The Kier molecular flexibility index (Phi) is 4.70. The van der Waals surface area contributed by atoms with E-state index in [-0.39, 0.29) is 12.1 Å². The maximum atomic E-state index is 5.55. The van der Waals surface area contributed by atoms with Crippen LogP contribution in [0, 0.1) is 0 Å². The molecular formula is C16H20N4OS. The Hall–Kier alpha value is -1.92. The Balaban J connectivity index is 1.88. The lowest BCUT2D eigenvalue weighted by Gasteiger charge is -2.26. The fourth-order valence-corrected chi connectivity index (χ4v) is 3.22. The minimum absolute atomic E-state index is 0.0508. The highest BCUT2D eigenvalue weighted by atomic mass is 32.1. The second-order valence-corrected chi connectivity index (χ2v) is 5.68. The number of rotatable bonds is 6. The van der Waals surface area contributed by atoms with Gasteiger partial charge in [-0.3, -0.25) is 4.98 Å². The first-order valence-electron chi connectivity index (χ1n) is 7.41. The monoisotopic (exact) mass is 316 g/mol. The van der Waals surface area contributed by atoms with Crippen molar-refractivity contribution in [3.63, 3.8) is 0 Å². The predicted molar refractivity (Wildman–Crippen MR) is 89.4 cm³/mol. The fourth-order valence-electron chi connectivity index (χ4n) is 2.89. The van der Waals surface area contributed by atoms with Crippen molar-refractivity contribution in [3.8, 4) is 0 Å². The molecule has 2 atom stereocenters. The van der Waals surface area contributed by atoms with Gasteiger partial charge in [0.25, 0.3) is 0 Å². The molecule has 6 heteroatoms. The summed E-state index contributed by atoms with van der Waals surface area (Å²) < 4.78 is 5.16. The summed E-state index contributed by atoms with van der Waals surface area (Å²) >= 11 is 5.55. The molecule has 0 radical (unpaired) electrons. The van der Waals surface area contributed by atoms with E-state index in [2.05, 4.69) is 26.3 Å². The molecule has 1 aliphatic rings. The van der Waals surface area contributed by atoms with Gasteiger partial charge < -0.3 is 19.9 Å². The third-order valence-corrected chi connectivity index (χ3v) is 4.24. The Morgan fingerprint density at radius 1 is 1.32 bits per heavy atom. The molecule has 0 spiro atoms.